The number of aliphatic hydroxyl groups is 3. The van der Waals surface area contributed by atoms with Gasteiger partial charge in [-0.05, 0) is 38.0 Å². The van der Waals surface area contributed by atoms with Crippen molar-refractivity contribution in [1.29, 1.82) is 0 Å². The monoisotopic (exact) mass is 392 g/mol. The van der Waals surface area contributed by atoms with Crippen molar-refractivity contribution in [3.05, 3.63) is 12.2 Å². The lowest BCUT2D eigenvalue weighted by Gasteiger charge is -2.21. The second kappa shape index (κ2) is 12.3. The Hall–Kier alpha value is -1.35. The molecule has 0 heterocycles. The highest BCUT2D eigenvalue weighted by Crippen LogP contribution is 2.35. The topological polar surface area (TPSA) is 98.0 Å². The van der Waals surface area contributed by atoms with Gasteiger partial charge in [-0.25, -0.2) is 0 Å². The number of hydrogen-bond acceptors (Lipinski definition) is 4. The van der Waals surface area contributed by atoms with Crippen molar-refractivity contribution in [2.45, 2.75) is 95.4 Å². The zero-order valence-electron chi connectivity index (χ0n) is 16.8. The summed E-state index contributed by atoms with van der Waals surface area (Å²) >= 11 is 0. The van der Waals surface area contributed by atoms with Crippen molar-refractivity contribution in [2.75, 3.05) is 0 Å². The highest BCUT2D eigenvalue weighted by atomic mass is 16.4. The van der Waals surface area contributed by atoms with E-state index in [0.717, 1.165) is 6.42 Å². The number of hydrogen-bond donors (Lipinski definition) is 4. The molecular formula is C23H36O5. The number of carboxylic acid groups (broad SMARTS) is 1. The zero-order chi connectivity index (χ0) is 20.4. The van der Waals surface area contributed by atoms with Gasteiger partial charge in [0.1, 0.15) is 6.10 Å². The average molecular weight is 393 g/mol. The molecule has 0 bridgehead atoms. The summed E-state index contributed by atoms with van der Waals surface area (Å²) in [5.41, 5.74) is 0. The third-order valence-electron chi connectivity index (χ3n) is 6.18. The van der Waals surface area contributed by atoms with E-state index < -0.39 is 24.3 Å². The van der Waals surface area contributed by atoms with Gasteiger partial charge in [-0.2, -0.15) is 0 Å². The van der Waals surface area contributed by atoms with E-state index in [2.05, 4.69) is 11.8 Å². The number of aliphatic hydroxyl groups excluding tert-OH is 3. The molecule has 2 fully saturated rings. The van der Waals surface area contributed by atoms with Gasteiger partial charge >= 0.3 is 5.97 Å². The summed E-state index contributed by atoms with van der Waals surface area (Å²) < 4.78 is 0. The maximum atomic E-state index is 10.5. The van der Waals surface area contributed by atoms with Crippen LogP contribution in [-0.4, -0.2) is 44.7 Å². The second-order valence-electron chi connectivity index (χ2n) is 8.44. The van der Waals surface area contributed by atoms with Crippen LogP contribution < -0.4 is 0 Å². The fraction of sp³-hybridized carbons (Fsp3) is 0.783. The summed E-state index contributed by atoms with van der Waals surface area (Å²) in [4.78, 5) is 10.5. The summed E-state index contributed by atoms with van der Waals surface area (Å²) in [6, 6.07) is 0. The van der Waals surface area contributed by atoms with Gasteiger partial charge in [0.25, 0.3) is 0 Å². The predicted octanol–water partition coefficient (Wildman–Crippen LogP) is 3.27. The van der Waals surface area contributed by atoms with Crippen LogP contribution in [0.25, 0.3) is 0 Å². The van der Waals surface area contributed by atoms with Gasteiger partial charge in [-0.15, -0.1) is 0 Å². The first kappa shape index (κ1) is 22.9. The lowest BCUT2D eigenvalue weighted by Crippen LogP contribution is -2.21. The SMILES string of the molecule is O=C(O)CCC/C=C\C[C@@H]1C(C#C[C@@H](O)CCC2CCCCC2)[C@H](O)C[C@H]1O. The first-order valence-electron chi connectivity index (χ1n) is 10.9. The molecule has 28 heavy (non-hydrogen) atoms. The summed E-state index contributed by atoms with van der Waals surface area (Å²) in [6.07, 6.45) is 12.4. The van der Waals surface area contributed by atoms with E-state index >= 15 is 0 Å². The van der Waals surface area contributed by atoms with E-state index in [4.69, 9.17) is 5.11 Å². The van der Waals surface area contributed by atoms with E-state index in [0.29, 0.717) is 38.0 Å². The standard InChI is InChI=1S/C23H36O5/c24-18(13-12-17-8-4-3-5-9-17)14-15-20-19(21(25)16-22(20)26)10-6-1-2-7-11-23(27)28/h1,6,17-22,24-26H,2-5,7-13,16H2,(H,27,28)/b6-1-/t18-,19+,20?,21+,22+/m0/s1. The van der Waals surface area contributed by atoms with E-state index in [1.165, 1.54) is 32.1 Å². The van der Waals surface area contributed by atoms with Gasteiger partial charge in [-0.3, -0.25) is 4.79 Å². The molecule has 0 aromatic rings. The minimum atomic E-state index is -0.792. The smallest absolute Gasteiger partial charge is 0.303 e. The second-order valence-corrected chi connectivity index (χ2v) is 8.44. The Labute approximate surface area is 168 Å². The molecule has 4 N–H and O–H groups in total. The molecule has 2 rings (SSSR count). The third-order valence-corrected chi connectivity index (χ3v) is 6.18. The maximum Gasteiger partial charge on any atom is 0.303 e. The largest absolute Gasteiger partial charge is 0.481 e. The number of rotatable bonds is 9. The van der Waals surface area contributed by atoms with Gasteiger partial charge in [0.2, 0.25) is 0 Å². The average Bonchev–Trinajstić information content (AvgIpc) is 2.94. The van der Waals surface area contributed by atoms with Gasteiger partial charge in [0.15, 0.2) is 0 Å². The molecule has 5 nitrogen and oxygen atoms in total. The number of carboxylic acids is 1. The van der Waals surface area contributed by atoms with E-state index in [-0.39, 0.29) is 18.3 Å². The highest BCUT2D eigenvalue weighted by molar-refractivity contribution is 5.66. The number of unbranched alkanes of at least 4 members (excludes halogenated alkanes) is 1. The Bertz CT molecular complexity index is 555. The molecule has 2 saturated carbocycles. The third kappa shape index (κ3) is 7.95. The Balaban J connectivity index is 1.79. The lowest BCUT2D eigenvalue weighted by molar-refractivity contribution is -0.137. The van der Waals surface area contributed by atoms with Crippen LogP contribution in [0, 0.1) is 29.6 Å². The van der Waals surface area contributed by atoms with Gasteiger partial charge in [0, 0.05) is 18.8 Å². The number of carbonyl (C=O) groups is 1. The first-order chi connectivity index (χ1) is 13.5. The molecule has 158 valence electrons. The van der Waals surface area contributed by atoms with Crippen molar-refractivity contribution in [2.24, 2.45) is 17.8 Å². The minimum absolute atomic E-state index is 0.149. The van der Waals surface area contributed by atoms with Crippen LogP contribution >= 0.6 is 0 Å². The van der Waals surface area contributed by atoms with Crippen LogP contribution in [0.2, 0.25) is 0 Å². The molecule has 0 aromatic heterocycles. The number of allylic oxidation sites excluding steroid dienone is 2. The molecule has 0 aliphatic heterocycles. The summed E-state index contributed by atoms with van der Waals surface area (Å²) in [5.74, 6) is 5.40. The fourth-order valence-electron chi connectivity index (χ4n) is 4.48. The molecule has 0 spiro atoms. The zero-order valence-corrected chi connectivity index (χ0v) is 16.8. The van der Waals surface area contributed by atoms with Crippen LogP contribution in [0.5, 0.6) is 0 Å². The van der Waals surface area contributed by atoms with Crippen LogP contribution in [0.3, 0.4) is 0 Å². The van der Waals surface area contributed by atoms with E-state index in [1.54, 1.807) is 0 Å². The molecule has 0 saturated heterocycles. The molecule has 2 aliphatic rings. The Morgan fingerprint density at radius 1 is 1.11 bits per heavy atom. The van der Waals surface area contributed by atoms with Gasteiger partial charge in [-0.1, -0.05) is 56.1 Å². The van der Waals surface area contributed by atoms with Crippen molar-refractivity contribution in [1.82, 2.24) is 0 Å². The molecule has 2 aliphatic carbocycles. The molecule has 1 unspecified atom stereocenters. The van der Waals surface area contributed by atoms with Crippen molar-refractivity contribution in [3.63, 3.8) is 0 Å². The first-order valence-corrected chi connectivity index (χ1v) is 10.9. The van der Waals surface area contributed by atoms with Crippen LogP contribution in [0.4, 0.5) is 0 Å². The molecule has 0 radical (unpaired) electrons. The van der Waals surface area contributed by atoms with E-state index in [1.807, 2.05) is 12.2 Å². The predicted molar refractivity (Wildman–Crippen MR) is 108 cm³/mol. The van der Waals surface area contributed by atoms with Crippen molar-refractivity contribution >= 4 is 5.97 Å². The quantitative estimate of drug-likeness (QED) is 0.274. The van der Waals surface area contributed by atoms with Crippen molar-refractivity contribution < 1.29 is 25.2 Å². The molecular weight excluding hydrogens is 356 g/mol. The summed E-state index contributed by atoms with van der Waals surface area (Å²) in [6.45, 7) is 0. The molecule has 0 aromatic carbocycles. The summed E-state index contributed by atoms with van der Waals surface area (Å²) in [5, 5.41) is 39.3. The Morgan fingerprint density at radius 3 is 2.57 bits per heavy atom. The van der Waals surface area contributed by atoms with Gasteiger partial charge < -0.3 is 20.4 Å². The maximum absolute atomic E-state index is 10.5. The molecule has 5 atom stereocenters. The van der Waals surface area contributed by atoms with Crippen molar-refractivity contribution in [3.8, 4) is 11.8 Å². The van der Waals surface area contributed by atoms with Crippen LogP contribution in [0.1, 0.15) is 77.0 Å². The normalized spacial score (nSPS) is 29.5. The van der Waals surface area contributed by atoms with Crippen LogP contribution in [0.15, 0.2) is 12.2 Å². The highest BCUT2D eigenvalue weighted by Gasteiger charge is 2.40. The minimum Gasteiger partial charge on any atom is -0.481 e. The Morgan fingerprint density at radius 2 is 1.86 bits per heavy atom. The van der Waals surface area contributed by atoms with Crippen LogP contribution in [-0.2, 0) is 4.79 Å². The van der Waals surface area contributed by atoms with Gasteiger partial charge in [0.05, 0.1) is 18.1 Å². The fourth-order valence-corrected chi connectivity index (χ4v) is 4.48. The van der Waals surface area contributed by atoms with E-state index in [9.17, 15) is 20.1 Å². The Kier molecular flexibility index (Phi) is 10.0. The molecule has 5 heteroatoms. The number of aliphatic carboxylic acids is 1. The lowest BCUT2D eigenvalue weighted by atomic mass is 9.85. The summed E-state index contributed by atoms with van der Waals surface area (Å²) in [7, 11) is 0. The molecule has 0 amide bonds.